The molecule has 0 aromatic heterocycles. The van der Waals surface area contributed by atoms with Gasteiger partial charge in [0.25, 0.3) is 5.69 Å². The van der Waals surface area contributed by atoms with Gasteiger partial charge in [0.2, 0.25) is 11.8 Å². The average Bonchev–Trinajstić information content (AvgIpc) is 2.73. The van der Waals surface area contributed by atoms with E-state index in [1.807, 2.05) is 30.3 Å². The smallest absolute Gasteiger partial charge is 0.408 e. The van der Waals surface area contributed by atoms with Crippen LogP contribution in [0.1, 0.15) is 33.3 Å². The summed E-state index contributed by atoms with van der Waals surface area (Å²) in [7, 11) is 0. The van der Waals surface area contributed by atoms with Gasteiger partial charge in [0, 0.05) is 24.2 Å². The van der Waals surface area contributed by atoms with Crippen molar-refractivity contribution in [3.05, 3.63) is 70.3 Å². The van der Waals surface area contributed by atoms with Gasteiger partial charge in [-0.2, -0.15) is 0 Å². The Hall–Kier alpha value is -3.95. The Balaban J connectivity index is 2.05. The second-order valence-corrected chi connectivity index (χ2v) is 8.41. The minimum Gasteiger partial charge on any atom is -0.444 e. The Morgan fingerprint density at radius 1 is 0.970 bits per heavy atom. The molecule has 0 saturated heterocycles. The largest absolute Gasteiger partial charge is 0.444 e. The van der Waals surface area contributed by atoms with Crippen molar-refractivity contribution < 1.29 is 24.0 Å². The number of nitro benzene ring substituents is 1. The average molecular weight is 456 g/mol. The van der Waals surface area contributed by atoms with Gasteiger partial charge < -0.3 is 20.7 Å². The molecule has 0 fully saturated rings. The van der Waals surface area contributed by atoms with E-state index in [1.165, 1.54) is 31.2 Å². The maximum atomic E-state index is 12.9. The second kappa shape index (κ2) is 11.1. The standard InChI is InChI=1S/C23H28N4O6/c1-15(20(28)25-17-10-12-18(13-11-17)27(31)32)24-21(29)19(14-16-8-6-5-7-9-16)26-22(30)33-23(2,3)4/h5-13,15,19H,14H2,1-4H3,(H,24,29)(H,25,28)(H,26,30)/t15-,19+/m0/s1. The van der Waals surface area contributed by atoms with Crippen LogP contribution in [0.25, 0.3) is 0 Å². The number of carbonyl (C=O) groups excluding carboxylic acids is 3. The maximum Gasteiger partial charge on any atom is 0.408 e. The van der Waals surface area contributed by atoms with Crippen LogP contribution in [-0.4, -0.2) is 40.5 Å². The van der Waals surface area contributed by atoms with Crippen LogP contribution in [-0.2, 0) is 20.7 Å². The summed E-state index contributed by atoms with van der Waals surface area (Å²) in [5, 5.41) is 18.5. The minimum absolute atomic E-state index is 0.105. The monoisotopic (exact) mass is 456 g/mol. The third-order valence-electron chi connectivity index (χ3n) is 4.39. The van der Waals surface area contributed by atoms with Crippen molar-refractivity contribution >= 4 is 29.3 Å². The lowest BCUT2D eigenvalue weighted by Crippen LogP contribution is -2.53. The van der Waals surface area contributed by atoms with Gasteiger partial charge in [-0.1, -0.05) is 30.3 Å². The molecule has 0 saturated carbocycles. The second-order valence-electron chi connectivity index (χ2n) is 8.41. The molecule has 10 nitrogen and oxygen atoms in total. The summed E-state index contributed by atoms with van der Waals surface area (Å²) in [6.07, 6.45) is -0.552. The molecule has 2 aromatic rings. The first-order valence-electron chi connectivity index (χ1n) is 10.3. The van der Waals surface area contributed by atoms with Crippen LogP contribution in [0.4, 0.5) is 16.2 Å². The van der Waals surface area contributed by atoms with Crippen LogP contribution < -0.4 is 16.0 Å². The zero-order valence-electron chi connectivity index (χ0n) is 19.0. The van der Waals surface area contributed by atoms with Gasteiger partial charge in [0.15, 0.2) is 0 Å². The fourth-order valence-corrected chi connectivity index (χ4v) is 2.81. The quantitative estimate of drug-likeness (QED) is 0.412. The summed E-state index contributed by atoms with van der Waals surface area (Å²) in [5.74, 6) is -1.08. The zero-order valence-corrected chi connectivity index (χ0v) is 19.0. The number of rotatable bonds is 8. The lowest BCUT2D eigenvalue weighted by atomic mass is 10.0. The van der Waals surface area contributed by atoms with Crippen LogP contribution in [0.15, 0.2) is 54.6 Å². The number of amides is 3. The molecule has 10 heteroatoms. The van der Waals surface area contributed by atoms with Gasteiger partial charge >= 0.3 is 6.09 Å². The number of carbonyl (C=O) groups is 3. The molecule has 2 rings (SSSR count). The third-order valence-corrected chi connectivity index (χ3v) is 4.39. The Morgan fingerprint density at radius 3 is 2.12 bits per heavy atom. The SMILES string of the molecule is C[C@H](NC(=O)[C@@H](Cc1ccccc1)NC(=O)OC(C)(C)C)C(=O)Nc1ccc([N+](=O)[O-])cc1. The molecule has 0 radical (unpaired) electrons. The summed E-state index contributed by atoms with van der Waals surface area (Å²) in [4.78, 5) is 47.8. The highest BCUT2D eigenvalue weighted by Crippen LogP contribution is 2.15. The van der Waals surface area contributed by atoms with E-state index in [0.717, 1.165) is 5.56 Å². The minimum atomic E-state index is -0.975. The van der Waals surface area contributed by atoms with Crippen LogP contribution in [0.3, 0.4) is 0 Å². The number of hydrogen-bond acceptors (Lipinski definition) is 6. The van der Waals surface area contributed by atoms with Crippen molar-refractivity contribution in [1.82, 2.24) is 10.6 Å². The number of alkyl carbamates (subject to hydrolysis) is 1. The van der Waals surface area contributed by atoms with Crippen molar-refractivity contribution in [2.24, 2.45) is 0 Å². The Kier molecular flexibility index (Phi) is 8.49. The van der Waals surface area contributed by atoms with Crippen molar-refractivity contribution in [3.8, 4) is 0 Å². The first-order valence-corrected chi connectivity index (χ1v) is 10.3. The van der Waals surface area contributed by atoms with Gasteiger partial charge in [-0.05, 0) is 45.4 Å². The van der Waals surface area contributed by atoms with Crippen molar-refractivity contribution in [1.29, 1.82) is 0 Å². The molecule has 0 spiro atoms. The van der Waals surface area contributed by atoms with Crippen molar-refractivity contribution in [2.75, 3.05) is 5.32 Å². The summed E-state index contributed by atoms with van der Waals surface area (Å²) in [6.45, 7) is 6.63. The van der Waals surface area contributed by atoms with Crippen LogP contribution in [0, 0.1) is 10.1 Å². The fraction of sp³-hybridized carbons (Fsp3) is 0.348. The molecule has 0 aliphatic rings. The first-order chi connectivity index (χ1) is 15.4. The molecule has 2 aromatic carbocycles. The third kappa shape index (κ3) is 8.60. The highest BCUT2D eigenvalue weighted by Gasteiger charge is 2.27. The highest BCUT2D eigenvalue weighted by molar-refractivity contribution is 5.98. The molecule has 0 unspecified atom stereocenters. The molecule has 0 heterocycles. The van der Waals surface area contributed by atoms with E-state index in [-0.39, 0.29) is 12.1 Å². The topological polar surface area (TPSA) is 140 Å². The van der Waals surface area contributed by atoms with Crippen LogP contribution in [0.5, 0.6) is 0 Å². The van der Waals surface area contributed by atoms with E-state index in [9.17, 15) is 24.5 Å². The Bertz CT molecular complexity index is 986. The number of nitrogens with zero attached hydrogens (tertiary/aromatic N) is 1. The van der Waals surface area contributed by atoms with E-state index >= 15 is 0 Å². The molecule has 3 amide bonds. The zero-order chi connectivity index (χ0) is 24.6. The van der Waals surface area contributed by atoms with E-state index in [4.69, 9.17) is 4.74 Å². The van der Waals surface area contributed by atoms with Crippen LogP contribution >= 0.6 is 0 Å². The van der Waals surface area contributed by atoms with Gasteiger partial charge in [0.1, 0.15) is 17.7 Å². The normalized spacial score (nSPS) is 12.7. The number of non-ortho nitro benzene ring substituents is 1. The molecular formula is C23H28N4O6. The van der Waals surface area contributed by atoms with Gasteiger partial charge in [-0.3, -0.25) is 19.7 Å². The first kappa shape index (κ1) is 25.3. The summed E-state index contributed by atoms with van der Waals surface area (Å²) >= 11 is 0. The highest BCUT2D eigenvalue weighted by atomic mass is 16.6. The lowest BCUT2D eigenvalue weighted by molar-refractivity contribution is -0.384. The molecule has 33 heavy (non-hydrogen) atoms. The number of nitro groups is 1. The van der Waals surface area contributed by atoms with Gasteiger partial charge in [-0.25, -0.2) is 4.79 Å². The number of ether oxygens (including phenoxy) is 1. The lowest BCUT2D eigenvalue weighted by Gasteiger charge is -2.24. The molecule has 176 valence electrons. The van der Waals surface area contributed by atoms with Gasteiger partial charge in [-0.15, -0.1) is 0 Å². The number of anilines is 1. The van der Waals surface area contributed by atoms with Crippen molar-refractivity contribution in [3.63, 3.8) is 0 Å². The maximum absolute atomic E-state index is 12.9. The summed E-state index contributed by atoms with van der Waals surface area (Å²) < 4.78 is 5.26. The Labute approximate surface area is 191 Å². The van der Waals surface area contributed by atoms with E-state index in [0.29, 0.717) is 5.69 Å². The van der Waals surface area contributed by atoms with E-state index in [2.05, 4.69) is 16.0 Å². The van der Waals surface area contributed by atoms with E-state index in [1.54, 1.807) is 20.8 Å². The number of hydrogen-bond donors (Lipinski definition) is 3. The predicted molar refractivity (Wildman–Crippen MR) is 123 cm³/mol. The molecule has 3 N–H and O–H groups in total. The predicted octanol–water partition coefficient (Wildman–Crippen LogP) is 3.17. The number of nitrogens with one attached hydrogen (secondary N) is 3. The Morgan fingerprint density at radius 2 is 1.58 bits per heavy atom. The fourth-order valence-electron chi connectivity index (χ4n) is 2.81. The van der Waals surface area contributed by atoms with E-state index < -0.39 is 40.5 Å². The molecular weight excluding hydrogens is 428 g/mol. The van der Waals surface area contributed by atoms with Gasteiger partial charge in [0.05, 0.1) is 4.92 Å². The molecule has 0 aliphatic carbocycles. The molecule has 0 bridgehead atoms. The number of benzene rings is 2. The summed E-state index contributed by atoms with van der Waals surface area (Å²) in [6, 6.07) is 12.5. The van der Waals surface area contributed by atoms with Crippen LogP contribution in [0.2, 0.25) is 0 Å². The summed E-state index contributed by atoms with van der Waals surface area (Å²) in [5.41, 5.74) is 0.318. The molecule has 0 aliphatic heterocycles. The van der Waals surface area contributed by atoms with Crippen molar-refractivity contribution in [2.45, 2.75) is 51.8 Å². The molecule has 2 atom stereocenters.